The van der Waals surface area contributed by atoms with Gasteiger partial charge in [0.15, 0.2) is 0 Å². The van der Waals surface area contributed by atoms with Gasteiger partial charge in [-0.1, -0.05) is 74.9 Å². The van der Waals surface area contributed by atoms with Crippen LogP contribution in [0.5, 0.6) is 11.5 Å². The van der Waals surface area contributed by atoms with Gasteiger partial charge in [-0.3, -0.25) is 0 Å². The van der Waals surface area contributed by atoms with E-state index in [-0.39, 0.29) is 38.6 Å². The molecule has 0 fully saturated rings. The van der Waals surface area contributed by atoms with Gasteiger partial charge >= 0.3 is 0 Å². The third-order valence-electron chi connectivity index (χ3n) is 7.76. The van der Waals surface area contributed by atoms with Crippen LogP contribution in [-0.2, 0) is 26.5 Å². The van der Waals surface area contributed by atoms with Crippen LogP contribution in [0, 0.1) is 12.1 Å². The molecule has 5 nitrogen and oxygen atoms in total. The molecule has 0 saturated carbocycles. The number of aliphatic imine (C=N–C) groups is 1. The van der Waals surface area contributed by atoms with E-state index in [0.29, 0.717) is 11.5 Å². The third kappa shape index (κ3) is 4.83. The number of nitrogens with zero attached hydrogens (tertiary/aromatic N) is 4. The standard InChI is InChI=1S/C35H30N4O.Pt/c1-35(2,3)24-18-19-36-33(21-24)39-30-14-7-5-12-27(30)28-17-16-26(22-32(28)39)40-25-11-9-10-23(20-25)34-37-29-13-6-8-15-31(29)38(34)4;/h5-19,21,29,31H,1-4H3;/q-2;. The minimum atomic E-state index is 0. The maximum absolute atomic E-state index is 6.36. The number of hydrogen-bond acceptors (Lipinski definition) is 4. The summed E-state index contributed by atoms with van der Waals surface area (Å²) in [5, 5.41) is 2.26. The number of aromatic nitrogens is 2. The monoisotopic (exact) mass is 717 g/mol. The van der Waals surface area contributed by atoms with Crippen molar-refractivity contribution in [2.75, 3.05) is 7.05 Å². The van der Waals surface area contributed by atoms with Gasteiger partial charge in [-0.15, -0.1) is 41.3 Å². The SMILES string of the molecule is CN1C(c2[c-]c(Oc3[c-]c4c(cc3)c3ccccc3n4-c3cc(C(C)(C)C)ccn3)ccc2)=NC2C=CC=CC21.[Pt]. The summed E-state index contributed by atoms with van der Waals surface area (Å²) in [7, 11) is 2.08. The fourth-order valence-corrected chi connectivity index (χ4v) is 5.63. The Morgan fingerprint density at radius 3 is 2.49 bits per heavy atom. The van der Waals surface area contributed by atoms with Gasteiger partial charge in [0.2, 0.25) is 0 Å². The zero-order valence-electron chi connectivity index (χ0n) is 23.4. The van der Waals surface area contributed by atoms with Crippen LogP contribution in [0.4, 0.5) is 0 Å². The number of ether oxygens (including phenoxy) is 1. The number of likely N-dealkylation sites (N-methyl/N-ethyl adjacent to an activating group) is 1. The Bertz CT molecular complexity index is 1860. The van der Waals surface area contributed by atoms with E-state index in [1.165, 1.54) is 5.56 Å². The van der Waals surface area contributed by atoms with Crippen LogP contribution in [0.1, 0.15) is 31.9 Å². The number of amidine groups is 1. The molecule has 0 amide bonds. The third-order valence-corrected chi connectivity index (χ3v) is 7.76. The maximum Gasteiger partial charge on any atom is 0.135 e. The van der Waals surface area contributed by atoms with Crippen molar-refractivity contribution in [2.45, 2.75) is 38.3 Å². The molecule has 41 heavy (non-hydrogen) atoms. The molecule has 3 heterocycles. The van der Waals surface area contributed by atoms with E-state index >= 15 is 0 Å². The van der Waals surface area contributed by atoms with E-state index in [1.54, 1.807) is 0 Å². The number of benzene rings is 3. The Labute approximate surface area is 255 Å². The Kier molecular flexibility index (Phi) is 6.95. The second-order valence-corrected chi connectivity index (χ2v) is 11.4. The van der Waals surface area contributed by atoms with Gasteiger partial charge in [0.25, 0.3) is 0 Å². The van der Waals surface area contributed by atoms with Gasteiger partial charge in [-0.2, -0.15) is 6.07 Å². The Morgan fingerprint density at radius 1 is 0.854 bits per heavy atom. The molecular weight excluding hydrogens is 687 g/mol. The summed E-state index contributed by atoms with van der Waals surface area (Å²) in [5.74, 6) is 3.03. The number of rotatable bonds is 4. The molecule has 1 aliphatic carbocycles. The molecule has 0 bridgehead atoms. The minimum Gasteiger partial charge on any atom is -0.503 e. The van der Waals surface area contributed by atoms with Crippen LogP contribution in [0.2, 0.25) is 0 Å². The summed E-state index contributed by atoms with van der Waals surface area (Å²) >= 11 is 0. The van der Waals surface area contributed by atoms with Crippen molar-refractivity contribution < 1.29 is 25.8 Å². The van der Waals surface area contributed by atoms with Crippen LogP contribution in [0.15, 0.2) is 102 Å². The molecule has 2 unspecified atom stereocenters. The summed E-state index contributed by atoms with van der Waals surface area (Å²) in [6.45, 7) is 6.66. The van der Waals surface area contributed by atoms with Crippen molar-refractivity contribution in [3.8, 4) is 17.3 Å². The normalized spacial score (nSPS) is 18.0. The smallest absolute Gasteiger partial charge is 0.135 e. The van der Waals surface area contributed by atoms with Crippen LogP contribution < -0.4 is 4.74 Å². The molecule has 2 aliphatic rings. The molecule has 208 valence electrons. The number of pyridine rings is 1. The van der Waals surface area contributed by atoms with E-state index in [4.69, 9.17) is 14.7 Å². The molecule has 0 spiro atoms. The van der Waals surface area contributed by atoms with E-state index in [2.05, 4.69) is 116 Å². The summed E-state index contributed by atoms with van der Waals surface area (Å²) < 4.78 is 8.54. The van der Waals surface area contributed by atoms with E-state index < -0.39 is 0 Å². The molecule has 5 aromatic rings. The van der Waals surface area contributed by atoms with Crippen molar-refractivity contribution in [1.29, 1.82) is 0 Å². The molecule has 0 saturated heterocycles. The average Bonchev–Trinajstić information content (AvgIpc) is 3.47. The van der Waals surface area contributed by atoms with Crippen molar-refractivity contribution in [3.63, 3.8) is 0 Å². The Hall–Kier alpha value is -3.95. The predicted molar refractivity (Wildman–Crippen MR) is 162 cm³/mol. The molecule has 2 aromatic heterocycles. The predicted octanol–water partition coefficient (Wildman–Crippen LogP) is 7.42. The molecular formula is C35H30N4OPt-2. The summed E-state index contributed by atoms with van der Waals surface area (Å²) in [6.07, 6.45) is 10.4. The number of allylic oxidation sites excluding steroid dienone is 2. The van der Waals surface area contributed by atoms with Crippen molar-refractivity contribution in [2.24, 2.45) is 4.99 Å². The summed E-state index contributed by atoms with van der Waals surface area (Å²) in [5.41, 5.74) is 4.17. The molecule has 6 heteroatoms. The first-order chi connectivity index (χ1) is 19.4. The second kappa shape index (κ2) is 10.5. The molecule has 0 radical (unpaired) electrons. The fraction of sp³-hybridized carbons (Fsp3) is 0.200. The topological polar surface area (TPSA) is 42.6 Å². The van der Waals surface area contributed by atoms with Crippen LogP contribution >= 0.6 is 0 Å². The van der Waals surface area contributed by atoms with Gasteiger partial charge in [0.1, 0.15) is 5.82 Å². The van der Waals surface area contributed by atoms with Gasteiger partial charge in [-0.25, -0.2) is 4.98 Å². The molecule has 0 N–H and O–H groups in total. The van der Waals surface area contributed by atoms with E-state index in [1.807, 2.05) is 30.5 Å². The maximum atomic E-state index is 6.36. The Morgan fingerprint density at radius 2 is 1.66 bits per heavy atom. The Balaban J connectivity index is 0.00000302. The molecule has 1 aliphatic heterocycles. The van der Waals surface area contributed by atoms with Gasteiger partial charge in [0.05, 0.1) is 12.1 Å². The van der Waals surface area contributed by atoms with Crippen molar-refractivity contribution >= 4 is 27.6 Å². The van der Waals surface area contributed by atoms with Crippen LogP contribution in [-0.4, -0.2) is 39.4 Å². The second-order valence-electron chi connectivity index (χ2n) is 11.4. The van der Waals surface area contributed by atoms with Gasteiger partial charge in [0, 0.05) is 50.1 Å². The first-order valence-corrected chi connectivity index (χ1v) is 13.7. The fourth-order valence-electron chi connectivity index (χ4n) is 5.63. The summed E-state index contributed by atoms with van der Waals surface area (Å²) in [6, 6.07) is 30.1. The van der Waals surface area contributed by atoms with Crippen molar-refractivity contribution in [3.05, 3.63) is 120 Å². The first kappa shape index (κ1) is 27.2. The van der Waals surface area contributed by atoms with E-state index in [9.17, 15) is 0 Å². The van der Waals surface area contributed by atoms with Crippen molar-refractivity contribution in [1.82, 2.24) is 14.5 Å². The zero-order valence-corrected chi connectivity index (χ0v) is 25.7. The minimum absolute atomic E-state index is 0. The molecule has 3 aromatic carbocycles. The molecule has 2 atom stereocenters. The summed E-state index contributed by atoms with van der Waals surface area (Å²) in [4.78, 5) is 11.9. The van der Waals surface area contributed by atoms with Crippen LogP contribution in [0.25, 0.3) is 27.6 Å². The number of hydrogen-bond donors (Lipinski definition) is 0. The van der Waals surface area contributed by atoms with E-state index in [0.717, 1.165) is 39.0 Å². The zero-order chi connectivity index (χ0) is 27.4. The quantitative estimate of drug-likeness (QED) is 0.182. The first-order valence-electron chi connectivity index (χ1n) is 13.7. The van der Waals surface area contributed by atoms with Crippen LogP contribution in [0.3, 0.4) is 0 Å². The number of para-hydroxylation sites is 1. The average molecular weight is 718 g/mol. The molecule has 7 rings (SSSR count). The van der Waals surface area contributed by atoms with Gasteiger partial charge < -0.3 is 19.2 Å². The number of fused-ring (bicyclic) bond motifs is 4. The van der Waals surface area contributed by atoms with Gasteiger partial charge in [-0.05, 0) is 41.6 Å². The largest absolute Gasteiger partial charge is 0.503 e.